The summed E-state index contributed by atoms with van der Waals surface area (Å²) in [6, 6.07) is 1.50. The van der Waals surface area contributed by atoms with Crippen molar-refractivity contribution in [2.75, 3.05) is 7.05 Å². The quantitative estimate of drug-likeness (QED) is 0.773. The largest absolute Gasteiger partial charge is 0.464 e. The lowest BCUT2D eigenvalue weighted by Gasteiger charge is -2.22. The molecule has 0 aromatic carbocycles. The van der Waals surface area contributed by atoms with Crippen molar-refractivity contribution >= 4 is 10.0 Å². The lowest BCUT2D eigenvalue weighted by atomic mass is 9.96. The third kappa shape index (κ3) is 4.07. The average molecular weight is 302 g/mol. The minimum absolute atomic E-state index is 0.0861. The zero-order valence-corrected chi connectivity index (χ0v) is 13.8. The minimum Gasteiger partial charge on any atom is -0.464 e. The number of hydrogen-bond acceptors (Lipinski definition) is 4. The van der Waals surface area contributed by atoms with Crippen LogP contribution in [0.5, 0.6) is 0 Å². The van der Waals surface area contributed by atoms with Gasteiger partial charge < -0.3 is 9.73 Å². The van der Waals surface area contributed by atoms with Crippen LogP contribution in [0.2, 0.25) is 0 Å². The second kappa shape index (κ2) is 7.24. The lowest BCUT2D eigenvalue weighted by Crippen LogP contribution is -2.37. The van der Waals surface area contributed by atoms with E-state index < -0.39 is 10.0 Å². The Morgan fingerprint density at radius 2 is 1.90 bits per heavy atom. The van der Waals surface area contributed by atoms with Gasteiger partial charge in [-0.05, 0) is 26.8 Å². The standard InChI is InChI=1S/C14H26N2O3S/c1-6-12(7-2)10(3)16-20(17,18)14-8-13(9-15-5)19-11(14)4/h8,10,12,15-16H,6-7,9H2,1-5H3. The first-order valence-electron chi connectivity index (χ1n) is 7.11. The van der Waals surface area contributed by atoms with Gasteiger partial charge in [0.25, 0.3) is 0 Å². The summed E-state index contributed by atoms with van der Waals surface area (Å²) in [5.74, 6) is 1.40. The van der Waals surface area contributed by atoms with Gasteiger partial charge in [-0.2, -0.15) is 0 Å². The third-order valence-electron chi connectivity index (χ3n) is 3.66. The Hall–Kier alpha value is -0.850. The molecule has 1 heterocycles. The molecule has 0 aliphatic rings. The van der Waals surface area contributed by atoms with Gasteiger partial charge in [0.05, 0.1) is 6.54 Å². The van der Waals surface area contributed by atoms with Gasteiger partial charge in [0.15, 0.2) is 0 Å². The Balaban J connectivity index is 2.93. The zero-order chi connectivity index (χ0) is 15.3. The number of sulfonamides is 1. The van der Waals surface area contributed by atoms with Crippen LogP contribution < -0.4 is 10.0 Å². The molecule has 20 heavy (non-hydrogen) atoms. The number of rotatable bonds is 8. The van der Waals surface area contributed by atoms with Crippen molar-refractivity contribution in [3.63, 3.8) is 0 Å². The molecule has 2 N–H and O–H groups in total. The van der Waals surface area contributed by atoms with Gasteiger partial charge >= 0.3 is 0 Å². The van der Waals surface area contributed by atoms with E-state index in [1.807, 2.05) is 6.92 Å². The van der Waals surface area contributed by atoms with Crippen LogP contribution in [0.25, 0.3) is 0 Å². The van der Waals surface area contributed by atoms with Gasteiger partial charge in [-0.25, -0.2) is 13.1 Å². The molecule has 0 spiro atoms. The summed E-state index contributed by atoms with van der Waals surface area (Å²) < 4.78 is 33.1. The van der Waals surface area contributed by atoms with Crippen LogP contribution >= 0.6 is 0 Å². The highest BCUT2D eigenvalue weighted by Gasteiger charge is 2.25. The summed E-state index contributed by atoms with van der Waals surface area (Å²) in [5, 5.41) is 2.94. The normalized spacial score (nSPS) is 13.9. The van der Waals surface area contributed by atoms with Crippen molar-refractivity contribution in [1.29, 1.82) is 0 Å². The van der Waals surface area contributed by atoms with Crippen molar-refractivity contribution in [1.82, 2.24) is 10.0 Å². The fraction of sp³-hybridized carbons (Fsp3) is 0.714. The van der Waals surface area contributed by atoms with E-state index in [1.165, 1.54) is 0 Å². The van der Waals surface area contributed by atoms with Crippen LogP contribution in [-0.4, -0.2) is 21.5 Å². The fourth-order valence-electron chi connectivity index (χ4n) is 2.45. The van der Waals surface area contributed by atoms with Crippen LogP contribution in [0.4, 0.5) is 0 Å². The Morgan fingerprint density at radius 3 is 2.40 bits per heavy atom. The van der Waals surface area contributed by atoms with Gasteiger partial charge in [-0.1, -0.05) is 26.7 Å². The molecular formula is C14H26N2O3S. The summed E-state index contributed by atoms with van der Waals surface area (Å²) in [5.41, 5.74) is 0. The molecule has 0 radical (unpaired) electrons. The van der Waals surface area contributed by atoms with E-state index in [4.69, 9.17) is 4.42 Å². The van der Waals surface area contributed by atoms with Gasteiger partial charge in [-0.15, -0.1) is 0 Å². The number of furan rings is 1. The summed E-state index contributed by atoms with van der Waals surface area (Å²) in [6.45, 7) is 8.26. The molecule has 0 saturated heterocycles. The molecule has 1 rings (SSSR count). The van der Waals surface area contributed by atoms with E-state index in [0.717, 1.165) is 12.8 Å². The van der Waals surface area contributed by atoms with Gasteiger partial charge in [0, 0.05) is 12.1 Å². The second-order valence-electron chi connectivity index (χ2n) is 5.15. The zero-order valence-electron chi connectivity index (χ0n) is 13.0. The summed E-state index contributed by atoms with van der Waals surface area (Å²) in [4.78, 5) is 0.237. The van der Waals surface area contributed by atoms with Crippen molar-refractivity contribution in [3.05, 3.63) is 17.6 Å². The first kappa shape index (κ1) is 17.2. The second-order valence-corrected chi connectivity index (χ2v) is 6.83. The maximum atomic E-state index is 12.4. The first-order valence-corrected chi connectivity index (χ1v) is 8.60. The Bertz CT molecular complexity index is 519. The molecule has 0 fully saturated rings. The molecule has 1 atom stereocenters. The van der Waals surface area contributed by atoms with Gasteiger partial charge in [0.2, 0.25) is 10.0 Å². The molecule has 0 amide bonds. The highest BCUT2D eigenvalue weighted by molar-refractivity contribution is 7.89. The highest BCUT2D eigenvalue weighted by atomic mass is 32.2. The molecule has 5 nitrogen and oxygen atoms in total. The van der Waals surface area contributed by atoms with Crippen LogP contribution in [0.3, 0.4) is 0 Å². The Kier molecular flexibility index (Phi) is 6.23. The molecular weight excluding hydrogens is 276 g/mol. The van der Waals surface area contributed by atoms with Gasteiger partial charge in [0.1, 0.15) is 16.4 Å². The van der Waals surface area contributed by atoms with Crippen molar-refractivity contribution in [2.45, 2.75) is 58.0 Å². The Labute approximate surface area is 122 Å². The monoisotopic (exact) mass is 302 g/mol. The molecule has 0 aliphatic carbocycles. The van der Waals surface area contributed by atoms with Crippen molar-refractivity contribution in [3.8, 4) is 0 Å². The molecule has 1 aromatic heterocycles. The third-order valence-corrected chi connectivity index (χ3v) is 5.33. The van der Waals surface area contributed by atoms with Crippen LogP contribution in [-0.2, 0) is 16.6 Å². The first-order chi connectivity index (χ1) is 9.35. The molecule has 6 heteroatoms. The Morgan fingerprint density at radius 1 is 1.30 bits per heavy atom. The highest BCUT2D eigenvalue weighted by Crippen LogP contribution is 2.22. The SMILES string of the molecule is CCC(CC)C(C)NS(=O)(=O)c1cc(CNC)oc1C. The summed E-state index contributed by atoms with van der Waals surface area (Å²) in [7, 11) is -1.73. The van der Waals surface area contributed by atoms with E-state index in [2.05, 4.69) is 23.9 Å². The molecule has 0 aliphatic heterocycles. The average Bonchev–Trinajstić information content (AvgIpc) is 2.72. The summed E-state index contributed by atoms with van der Waals surface area (Å²) >= 11 is 0. The topological polar surface area (TPSA) is 71.3 Å². The molecule has 116 valence electrons. The van der Waals surface area contributed by atoms with E-state index in [1.54, 1.807) is 20.0 Å². The smallest absolute Gasteiger partial charge is 0.244 e. The van der Waals surface area contributed by atoms with Crippen LogP contribution in [0, 0.1) is 12.8 Å². The minimum atomic E-state index is -3.52. The van der Waals surface area contributed by atoms with Crippen LogP contribution in [0.15, 0.2) is 15.4 Å². The van der Waals surface area contributed by atoms with E-state index in [9.17, 15) is 8.42 Å². The molecule has 0 bridgehead atoms. The number of hydrogen-bond donors (Lipinski definition) is 2. The van der Waals surface area contributed by atoms with E-state index in [0.29, 0.717) is 24.0 Å². The molecule has 0 saturated carbocycles. The number of aryl methyl sites for hydroxylation is 1. The van der Waals surface area contributed by atoms with Crippen molar-refractivity contribution in [2.24, 2.45) is 5.92 Å². The van der Waals surface area contributed by atoms with E-state index in [-0.39, 0.29) is 10.9 Å². The molecule has 1 unspecified atom stereocenters. The van der Waals surface area contributed by atoms with Crippen molar-refractivity contribution < 1.29 is 12.8 Å². The van der Waals surface area contributed by atoms with Crippen LogP contribution in [0.1, 0.15) is 45.1 Å². The van der Waals surface area contributed by atoms with Gasteiger partial charge in [-0.3, -0.25) is 0 Å². The predicted molar refractivity (Wildman–Crippen MR) is 80.1 cm³/mol. The van der Waals surface area contributed by atoms with E-state index >= 15 is 0 Å². The predicted octanol–water partition coefficient (Wildman–Crippen LogP) is 2.41. The lowest BCUT2D eigenvalue weighted by molar-refractivity contribution is 0.390. The maximum Gasteiger partial charge on any atom is 0.244 e. The summed E-state index contributed by atoms with van der Waals surface area (Å²) in [6.07, 6.45) is 1.91. The molecule has 1 aromatic rings. The number of nitrogens with one attached hydrogen (secondary N) is 2. The fourth-order valence-corrected chi connectivity index (χ4v) is 3.97. The maximum absolute atomic E-state index is 12.4.